The van der Waals surface area contributed by atoms with Gasteiger partial charge < -0.3 is 14.8 Å². The molecule has 1 aromatic heterocycles. The Bertz CT molecular complexity index is 800. The van der Waals surface area contributed by atoms with Crippen LogP contribution in [0.2, 0.25) is 0 Å². The van der Waals surface area contributed by atoms with E-state index in [0.29, 0.717) is 30.0 Å². The summed E-state index contributed by atoms with van der Waals surface area (Å²) in [4.78, 5) is 12.1. The highest BCUT2D eigenvalue weighted by Crippen LogP contribution is 2.24. The Morgan fingerprint density at radius 2 is 2.04 bits per heavy atom. The lowest BCUT2D eigenvalue weighted by Crippen LogP contribution is -2.28. The van der Waals surface area contributed by atoms with Crippen molar-refractivity contribution in [3.63, 3.8) is 0 Å². The topological polar surface area (TPSA) is 99.8 Å². The first-order chi connectivity index (χ1) is 11.5. The summed E-state index contributed by atoms with van der Waals surface area (Å²) in [6, 6.07) is 9.64. The predicted octanol–water partition coefficient (Wildman–Crippen LogP) is 1.28. The fourth-order valence-electron chi connectivity index (χ4n) is 2.58. The van der Waals surface area contributed by atoms with E-state index < -0.39 is 16.1 Å². The quantitative estimate of drug-likeness (QED) is 0.846. The van der Waals surface area contributed by atoms with Crippen LogP contribution >= 0.6 is 0 Å². The Balaban J connectivity index is 1.62. The minimum atomic E-state index is -3.23. The summed E-state index contributed by atoms with van der Waals surface area (Å²) < 4.78 is 30.2. The van der Waals surface area contributed by atoms with E-state index in [-0.39, 0.29) is 18.2 Å². The molecule has 128 valence electrons. The lowest BCUT2D eigenvalue weighted by molar-refractivity contribution is 0.0901. The van der Waals surface area contributed by atoms with Crippen LogP contribution in [0.1, 0.15) is 28.6 Å². The fourth-order valence-corrected chi connectivity index (χ4v) is 4.15. The van der Waals surface area contributed by atoms with E-state index in [4.69, 9.17) is 4.42 Å². The standard InChI is InChI=1S/C16H18N2O5S/c19-14(15-3-1-9-23-15)11-17-16(20)12-4-6-13(7-5-12)18-8-2-10-24(18,21)22/h1,3-7,9,14,19H,2,8,10-11H2,(H,17,20). The molecule has 0 bridgehead atoms. The zero-order valence-electron chi connectivity index (χ0n) is 12.9. The molecule has 2 heterocycles. The number of sulfonamides is 1. The second-order valence-electron chi connectivity index (χ2n) is 5.53. The van der Waals surface area contributed by atoms with Crippen LogP contribution in [-0.2, 0) is 10.0 Å². The van der Waals surface area contributed by atoms with Gasteiger partial charge in [-0.3, -0.25) is 9.10 Å². The molecule has 1 aliphatic rings. The third-order valence-corrected chi connectivity index (χ3v) is 5.71. The average Bonchev–Trinajstić information content (AvgIpc) is 3.21. The average molecular weight is 350 g/mol. The van der Waals surface area contributed by atoms with Gasteiger partial charge in [-0.25, -0.2) is 8.42 Å². The van der Waals surface area contributed by atoms with Crippen molar-refractivity contribution in [2.75, 3.05) is 23.1 Å². The first-order valence-corrected chi connectivity index (χ1v) is 9.18. The van der Waals surface area contributed by atoms with Gasteiger partial charge in [-0.1, -0.05) is 0 Å². The van der Waals surface area contributed by atoms with E-state index >= 15 is 0 Å². The summed E-state index contributed by atoms with van der Waals surface area (Å²) in [5.74, 6) is 0.182. The zero-order chi connectivity index (χ0) is 17.2. The van der Waals surface area contributed by atoms with E-state index in [1.165, 1.54) is 10.6 Å². The molecular formula is C16H18N2O5S. The molecule has 24 heavy (non-hydrogen) atoms. The van der Waals surface area contributed by atoms with Crippen molar-refractivity contribution in [2.45, 2.75) is 12.5 Å². The highest BCUT2D eigenvalue weighted by molar-refractivity contribution is 7.93. The number of anilines is 1. The smallest absolute Gasteiger partial charge is 0.251 e. The molecular weight excluding hydrogens is 332 g/mol. The highest BCUT2D eigenvalue weighted by Gasteiger charge is 2.28. The van der Waals surface area contributed by atoms with Crippen molar-refractivity contribution in [3.8, 4) is 0 Å². The fraction of sp³-hybridized carbons (Fsp3) is 0.312. The van der Waals surface area contributed by atoms with Crippen molar-refractivity contribution < 1.29 is 22.7 Å². The molecule has 1 unspecified atom stereocenters. The minimum Gasteiger partial charge on any atom is -0.467 e. The monoisotopic (exact) mass is 350 g/mol. The molecule has 1 saturated heterocycles. The molecule has 1 fully saturated rings. The second kappa shape index (κ2) is 6.66. The van der Waals surface area contributed by atoms with E-state index in [1.807, 2.05) is 0 Å². The summed E-state index contributed by atoms with van der Waals surface area (Å²) >= 11 is 0. The van der Waals surface area contributed by atoms with Gasteiger partial charge in [-0.05, 0) is 42.8 Å². The summed E-state index contributed by atoms with van der Waals surface area (Å²) in [6.07, 6.45) is 1.14. The maximum Gasteiger partial charge on any atom is 0.251 e. The Morgan fingerprint density at radius 3 is 2.62 bits per heavy atom. The van der Waals surface area contributed by atoms with Crippen molar-refractivity contribution in [2.24, 2.45) is 0 Å². The number of benzene rings is 1. The van der Waals surface area contributed by atoms with Crippen LogP contribution in [0, 0.1) is 0 Å². The van der Waals surface area contributed by atoms with Crippen LogP contribution in [0.25, 0.3) is 0 Å². The summed E-state index contributed by atoms with van der Waals surface area (Å²) in [5, 5.41) is 12.5. The van der Waals surface area contributed by atoms with E-state index in [9.17, 15) is 18.3 Å². The van der Waals surface area contributed by atoms with Gasteiger partial charge >= 0.3 is 0 Å². The molecule has 2 aromatic rings. The van der Waals surface area contributed by atoms with Gasteiger partial charge in [0, 0.05) is 12.1 Å². The number of hydrogen-bond donors (Lipinski definition) is 2. The largest absolute Gasteiger partial charge is 0.467 e. The molecule has 0 saturated carbocycles. The van der Waals surface area contributed by atoms with Gasteiger partial charge in [0.25, 0.3) is 5.91 Å². The molecule has 7 nitrogen and oxygen atoms in total. The number of rotatable bonds is 5. The summed E-state index contributed by atoms with van der Waals surface area (Å²) in [5.41, 5.74) is 0.946. The number of amides is 1. The minimum absolute atomic E-state index is 0.0224. The molecule has 2 N–H and O–H groups in total. The summed E-state index contributed by atoms with van der Waals surface area (Å²) in [6.45, 7) is 0.484. The van der Waals surface area contributed by atoms with E-state index in [1.54, 1.807) is 36.4 Å². The Kier molecular flexibility index (Phi) is 4.59. The first kappa shape index (κ1) is 16.5. The zero-order valence-corrected chi connectivity index (χ0v) is 13.7. The third kappa shape index (κ3) is 3.44. The van der Waals surface area contributed by atoms with Crippen molar-refractivity contribution >= 4 is 21.6 Å². The van der Waals surface area contributed by atoms with Gasteiger partial charge in [0.1, 0.15) is 11.9 Å². The van der Waals surface area contributed by atoms with E-state index in [0.717, 1.165) is 0 Å². The van der Waals surface area contributed by atoms with Gasteiger partial charge in [-0.2, -0.15) is 0 Å². The maximum atomic E-state index is 12.1. The van der Waals surface area contributed by atoms with Gasteiger partial charge in [0.15, 0.2) is 0 Å². The third-order valence-electron chi connectivity index (χ3n) is 3.84. The molecule has 0 radical (unpaired) electrons. The van der Waals surface area contributed by atoms with E-state index in [2.05, 4.69) is 5.32 Å². The number of carbonyl (C=O) groups excluding carboxylic acids is 1. The first-order valence-electron chi connectivity index (χ1n) is 7.57. The number of aliphatic hydroxyl groups excluding tert-OH is 1. The van der Waals surface area contributed by atoms with Crippen LogP contribution in [-0.4, -0.2) is 38.3 Å². The van der Waals surface area contributed by atoms with Gasteiger partial charge in [0.05, 0.1) is 24.2 Å². The molecule has 3 rings (SSSR count). The van der Waals surface area contributed by atoms with Gasteiger partial charge in [0.2, 0.25) is 10.0 Å². The van der Waals surface area contributed by atoms with Crippen molar-refractivity contribution in [1.82, 2.24) is 5.32 Å². The van der Waals surface area contributed by atoms with Crippen LogP contribution in [0.4, 0.5) is 5.69 Å². The molecule has 0 spiro atoms. The van der Waals surface area contributed by atoms with Crippen LogP contribution in [0.5, 0.6) is 0 Å². The van der Waals surface area contributed by atoms with Crippen LogP contribution in [0.3, 0.4) is 0 Å². The lowest BCUT2D eigenvalue weighted by atomic mass is 10.2. The number of nitrogens with zero attached hydrogens (tertiary/aromatic N) is 1. The Hall–Kier alpha value is -2.32. The number of nitrogens with one attached hydrogen (secondary N) is 1. The molecule has 0 aliphatic carbocycles. The molecule has 1 aromatic carbocycles. The number of carbonyl (C=O) groups is 1. The maximum absolute atomic E-state index is 12.1. The number of aliphatic hydroxyl groups is 1. The molecule has 1 atom stereocenters. The summed E-state index contributed by atoms with van der Waals surface area (Å²) in [7, 11) is -3.23. The number of furan rings is 1. The molecule has 1 aliphatic heterocycles. The molecule has 1 amide bonds. The van der Waals surface area contributed by atoms with Crippen LogP contribution in [0.15, 0.2) is 47.1 Å². The highest BCUT2D eigenvalue weighted by atomic mass is 32.2. The van der Waals surface area contributed by atoms with Crippen molar-refractivity contribution in [1.29, 1.82) is 0 Å². The normalized spacial score (nSPS) is 17.6. The Morgan fingerprint density at radius 1 is 1.29 bits per heavy atom. The van der Waals surface area contributed by atoms with Crippen molar-refractivity contribution in [3.05, 3.63) is 54.0 Å². The second-order valence-corrected chi connectivity index (χ2v) is 7.54. The SMILES string of the molecule is O=C(NCC(O)c1ccco1)c1ccc(N2CCCS2(=O)=O)cc1. The number of hydrogen-bond acceptors (Lipinski definition) is 5. The predicted molar refractivity (Wildman–Crippen MR) is 88.2 cm³/mol. The van der Waals surface area contributed by atoms with Gasteiger partial charge in [-0.15, -0.1) is 0 Å². The molecule has 8 heteroatoms. The Labute approximate surface area is 139 Å². The lowest BCUT2D eigenvalue weighted by Gasteiger charge is -2.17. The van der Waals surface area contributed by atoms with Crippen LogP contribution < -0.4 is 9.62 Å².